The van der Waals surface area contributed by atoms with Crippen molar-refractivity contribution in [2.75, 3.05) is 23.9 Å². The monoisotopic (exact) mass is 466 g/mol. The molecule has 0 bridgehead atoms. The van der Waals surface area contributed by atoms with E-state index in [-0.39, 0.29) is 11.5 Å². The van der Waals surface area contributed by atoms with E-state index in [1.807, 2.05) is 44.3 Å². The highest BCUT2D eigenvalue weighted by Gasteiger charge is 2.24. The molecule has 0 saturated carbocycles. The van der Waals surface area contributed by atoms with E-state index < -0.39 is 5.97 Å². The van der Waals surface area contributed by atoms with Gasteiger partial charge in [0.25, 0.3) is 0 Å². The number of nitrogens with zero attached hydrogens (tertiary/aromatic N) is 3. The molecule has 0 aliphatic carbocycles. The molecule has 7 heteroatoms. The van der Waals surface area contributed by atoms with Crippen LogP contribution >= 0.6 is 0 Å². The lowest BCUT2D eigenvalue weighted by atomic mass is 9.86. The molecule has 7 nitrogen and oxygen atoms in total. The molecule has 2 aromatic carbocycles. The van der Waals surface area contributed by atoms with E-state index in [0.717, 1.165) is 40.6 Å². The lowest BCUT2D eigenvalue weighted by Crippen LogP contribution is -2.17. The van der Waals surface area contributed by atoms with Crippen molar-refractivity contribution in [2.45, 2.75) is 19.3 Å². The van der Waals surface area contributed by atoms with Gasteiger partial charge < -0.3 is 20.1 Å². The fourth-order valence-electron chi connectivity index (χ4n) is 4.42. The zero-order valence-corrected chi connectivity index (χ0v) is 19.6. The molecule has 176 valence electrons. The van der Waals surface area contributed by atoms with Gasteiger partial charge in [-0.3, -0.25) is 4.98 Å². The van der Waals surface area contributed by atoms with E-state index in [0.29, 0.717) is 12.3 Å². The Kier molecular flexibility index (Phi) is 6.06. The number of carbonyl (C=O) groups is 1. The van der Waals surface area contributed by atoms with E-state index in [2.05, 4.69) is 50.5 Å². The predicted octanol–water partition coefficient (Wildman–Crippen LogP) is 5.91. The highest BCUT2D eigenvalue weighted by molar-refractivity contribution is 5.94. The number of aromatic nitrogens is 2. The number of rotatable bonds is 6. The van der Waals surface area contributed by atoms with Gasteiger partial charge in [-0.1, -0.05) is 24.3 Å². The largest absolute Gasteiger partial charge is 0.493 e. The number of benzene rings is 2. The number of aromatic carboxylic acids is 1. The molecule has 5 rings (SSSR count). The van der Waals surface area contributed by atoms with Gasteiger partial charge in [0.15, 0.2) is 0 Å². The molecule has 0 spiro atoms. The van der Waals surface area contributed by atoms with Crippen molar-refractivity contribution < 1.29 is 14.6 Å². The van der Waals surface area contributed by atoms with Crippen molar-refractivity contribution in [1.82, 2.24) is 9.97 Å². The lowest BCUT2D eigenvalue weighted by Gasteiger charge is -2.28. The van der Waals surface area contributed by atoms with Crippen LogP contribution in [0.3, 0.4) is 0 Å². The number of hydrogen-bond donors (Lipinski definition) is 2. The van der Waals surface area contributed by atoms with Crippen LogP contribution in [0, 0.1) is 6.92 Å². The van der Waals surface area contributed by atoms with Gasteiger partial charge >= 0.3 is 5.97 Å². The number of hydrogen-bond acceptors (Lipinski definition) is 6. The fourth-order valence-corrected chi connectivity index (χ4v) is 4.42. The van der Waals surface area contributed by atoms with Crippen molar-refractivity contribution in [3.8, 4) is 5.75 Å². The molecule has 2 N–H and O–H groups in total. The summed E-state index contributed by atoms with van der Waals surface area (Å²) in [4.78, 5) is 22.2. The second kappa shape index (κ2) is 9.46. The minimum atomic E-state index is -0.992. The minimum Gasteiger partial charge on any atom is -0.493 e. The van der Waals surface area contributed by atoms with E-state index >= 15 is 0 Å². The molecular weight excluding hydrogens is 440 g/mol. The molecule has 4 aromatic rings. The van der Waals surface area contributed by atoms with Crippen LogP contribution in [-0.4, -0.2) is 34.7 Å². The van der Waals surface area contributed by atoms with Crippen LogP contribution in [-0.2, 0) is 0 Å². The number of carboxylic acids is 1. The van der Waals surface area contributed by atoms with Gasteiger partial charge in [0.2, 0.25) is 0 Å². The zero-order chi connectivity index (χ0) is 24.4. The van der Waals surface area contributed by atoms with Crippen LogP contribution in [0.2, 0.25) is 0 Å². The van der Waals surface area contributed by atoms with Crippen molar-refractivity contribution in [2.24, 2.45) is 0 Å². The molecular formula is C28H26N4O3. The van der Waals surface area contributed by atoms with Crippen LogP contribution in [0.25, 0.3) is 0 Å². The maximum Gasteiger partial charge on any atom is 0.337 e. The summed E-state index contributed by atoms with van der Waals surface area (Å²) in [5.74, 6) is 1.01. The van der Waals surface area contributed by atoms with Crippen LogP contribution in [0.15, 0.2) is 79.1 Å². The number of aryl methyl sites for hydroxylation is 1. The molecule has 0 unspecified atom stereocenters. The Balaban J connectivity index is 1.37. The van der Waals surface area contributed by atoms with Gasteiger partial charge in [-0.05, 0) is 55.3 Å². The summed E-state index contributed by atoms with van der Waals surface area (Å²) in [6, 6.07) is 21.9. The Morgan fingerprint density at radius 3 is 2.71 bits per heavy atom. The number of nitrogens with one attached hydrogen (secondary N) is 1. The highest BCUT2D eigenvalue weighted by Crippen LogP contribution is 2.41. The summed E-state index contributed by atoms with van der Waals surface area (Å²) in [7, 11) is 2.01. The summed E-state index contributed by atoms with van der Waals surface area (Å²) < 4.78 is 6.04. The van der Waals surface area contributed by atoms with Crippen LogP contribution in [0.4, 0.5) is 22.9 Å². The molecule has 0 radical (unpaired) electrons. The lowest BCUT2D eigenvalue weighted by molar-refractivity contribution is 0.0698. The minimum absolute atomic E-state index is 0.184. The predicted molar refractivity (Wildman–Crippen MR) is 136 cm³/mol. The topological polar surface area (TPSA) is 87.6 Å². The van der Waals surface area contributed by atoms with Gasteiger partial charge in [-0.25, -0.2) is 9.78 Å². The Labute approximate surface area is 204 Å². The van der Waals surface area contributed by atoms with Crippen molar-refractivity contribution >= 4 is 28.8 Å². The van der Waals surface area contributed by atoms with Crippen LogP contribution in [0.5, 0.6) is 5.75 Å². The van der Waals surface area contributed by atoms with E-state index in [1.165, 1.54) is 24.0 Å². The summed E-state index contributed by atoms with van der Waals surface area (Å²) in [5, 5.41) is 12.6. The number of pyridine rings is 2. The quantitative estimate of drug-likeness (QED) is 0.365. The summed E-state index contributed by atoms with van der Waals surface area (Å²) in [6.07, 6.45) is 3.88. The molecule has 0 saturated heterocycles. The SMILES string of the molecule is Cc1cccc(N(C)c2ccc3c(c2)OCC[C@@H]3c2ccc(Nc3cnccc3C(=O)O)cc2)n1. The first-order valence-electron chi connectivity index (χ1n) is 11.5. The molecule has 2 aromatic heterocycles. The summed E-state index contributed by atoms with van der Waals surface area (Å²) in [5.41, 5.74) is 5.79. The van der Waals surface area contributed by atoms with E-state index in [1.54, 1.807) is 0 Å². The average molecular weight is 467 g/mol. The standard InChI is InChI=1S/C28H26N4O3/c1-18-4-3-5-27(30-18)32(2)21-10-11-23-22(13-15-35-26(23)16-21)19-6-8-20(9-7-19)31-25-17-29-14-12-24(25)28(33)34/h3-12,14,16-17,22,31H,13,15H2,1-2H3,(H,33,34)/t22-/m1/s1. The number of fused-ring (bicyclic) bond motifs is 1. The van der Waals surface area contributed by atoms with Crippen molar-refractivity contribution in [3.63, 3.8) is 0 Å². The first kappa shape index (κ1) is 22.4. The molecule has 3 heterocycles. The molecule has 0 amide bonds. The molecule has 0 fully saturated rings. The molecule has 1 atom stereocenters. The van der Waals surface area contributed by atoms with Gasteiger partial charge in [0.05, 0.1) is 24.1 Å². The highest BCUT2D eigenvalue weighted by atomic mass is 16.5. The van der Waals surface area contributed by atoms with Gasteiger partial charge in [0, 0.05) is 47.9 Å². The average Bonchev–Trinajstić information content (AvgIpc) is 2.88. The molecule has 1 aliphatic heterocycles. The number of anilines is 4. The third kappa shape index (κ3) is 4.66. The second-order valence-corrected chi connectivity index (χ2v) is 8.58. The third-order valence-corrected chi connectivity index (χ3v) is 6.28. The fraction of sp³-hybridized carbons (Fsp3) is 0.179. The number of carboxylic acid groups (broad SMARTS) is 1. The van der Waals surface area contributed by atoms with Crippen molar-refractivity contribution in [1.29, 1.82) is 0 Å². The molecule has 1 aliphatic rings. The summed E-state index contributed by atoms with van der Waals surface area (Å²) in [6.45, 7) is 2.63. The van der Waals surface area contributed by atoms with Crippen molar-refractivity contribution in [3.05, 3.63) is 102 Å². The van der Waals surface area contributed by atoms with E-state index in [9.17, 15) is 9.90 Å². The van der Waals surface area contributed by atoms with Gasteiger partial charge in [-0.15, -0.1) is 0 Å². The Morgan fingerprint density at radius 1 is 1.11 bits per heavy atom. The van der Waals surface area contributed by atoms with Crippen LogP contribution < -0.4 is 15.0 Å². The first-order valence-corrected chi connectivity index (χ1v) is 11.5. The Bertz CT molecular complexity index is 1370. The second-order valence-electron chi connectivity index (χ2n) is 8.58. The normalized spacial score (nSPS) is 14.5. The van der Waals surface area contributed by atoms with Gasteiger partial charge in [-0.2, -0.15) is 0 Å². The van der Waals surface area contributed by atoms with E-state index in [4.69, 9.17) is 4.74 Å². The smallest absolute Gasteiger partial charge is 0.337 e. The third-order valence-electron chi connectivity index (χ3n) is 6.28. The maximum absolute atomic E-state index is 11.5. The molecule has 35 heavy (non-hydrogen) atoms. The Morgan fingerprint density at radius 2 is 1.94 bits per heavy atom. The Hall–Kier alpha value is -4.39. The summed E-state index contributed by atoms with van der Waals surface area (Å²) >= 11 is 0. The van der Waals surface area contributed by atoms with Gasteiger partial charge in [0.1, 0.15) is 11.6 Å². The zero-order valence-electron chi connectivity index (χ0n) is 19.6. The van der Waals surface area contributed by atoms with Crippen LogP contribution in [0.1, 0.15) is 39.5 Å². The number of ether oxygens (including phenoxy) is 1. The maximum atomic E-state index is 11.5. The first-order chi connectivity index (χ1) is 17.0.